The highest BCUT2D eigenvalue weighted by Crippen LogP contribution is 2.21. The predicted molar refractivity (Wildman–Crippen MR) is 74.7 cm³/mol. The van der Waals surface area contributed by atoms with E-state index in [1.165, 1.54) is 89.1 Å². The number of rotatable bonds is 12. The van der Waals surface area contributed by atoms with E-state index in [4.69, 9.17) is 4.18 Å². The Kier molecular flexibility index (Phi) is 9.40. The van der Waals surface area contributed by atoms with Crippen LogP contribution in [0.2, 0.25) is 0 Å². The molecule has 1 atom stereocenters. The summed E-state index contributed by atoms with van der Waals surface area (Å²) >= 11 is 1.24. The van der Waals surface area contributed by atoms with Crippen LogP contribution in [0.1, 0.15) is 84.0 Å². The van der Waals surface area contributed by atoms with Crippen molar-refractivity contribution in [3.63, 3.8) is 0 Å². The summed E-state index contributed by atoms with van der Waals surface area (Å²) < 4.78 is 5.17. The van der Waals surface area contributed by atoms with Crippen molar-refractivity contribution in [3.05, 3.63) is 0 Å². The van der Waals surface area contributed by atoms with Gasteiger partial charge in [-0.1, -0.05) is 71.1 Å². The average molecular weight is 245 g/mol. The first-order valence-corrected chi connectivity index (χ1v) is 8.17. The molecule has 1 heterocycles. The second kappa shape index (κ2) is 10.5. The molecule has 0 bridgehead atoms. The van der Waals surface area contributed by atoms with E-state index in [0.29, 0.717) is 5.44 Å². The zero-order chi connectivity index (χ0) is 11.5. The van der Waals surface area contributed by atoms with E-state index < -0.39 is 0 Å². The molecule has 0 N–H and O–H groups in total. The lowest BCUT2D eigenvalue weighted by Gasteiger charge is -2.01. The second-order valence-corrected chi connectivity index (χ2v) is 5.99. The molecule has 0 aromatic carbocycles. The van der Waals surface area contributed by atoms with Gasteiger partial charge in [0.1, 0.15) is 0 Å². The quantitative estimate of drug-likeness (QED) is 0.209. The molecule has 2 heteroatoms. The lowest BCUT2D eigenvalue weighted by atomic mass is 10.1. The molecule has 1 saturated heterocycles. The van der Waals surface area contributed by atoms with Crippen LogP contribution < -0.4 is 0 Å². The van der Waals surface area contributed by atoms with Crippen molar-refractivity contribution in [1.82, 2.24) is 0 Å². The Hall–Kier alpha value is 0.310. The van der Waals surface area contributed by atoms with Gasteiger partial charge in [0.2, 0.25) is 0 Å². The lowest BCUT2D eigenvalue weighted by Crippen LogP contribution is -1.85. The fraction of sp³-hybridized carbons (Fsp3) is 1.00. The number of hydrogen-bond acceptors (Lipinski definition) is 1. The van der Waals surface area contributed by atoms with Gasteiger partial charge in [-0.05, 0) is 6.42 Å². The summed E-state index contributed by atoms with van der Waals surface area (Å²) in [6.45, 7) is 2.28. The van der Waals surface area contributed by atoms with Gasteiger partial charge in [-0.15, -0.1) is 4.18 Å². The highest BCUT2D eigenvalue weighted by molar-refractivity contribution is 7.79. The van der Waals surface area contributed by atoms with Gasteiger partial charge in [0.25, 0.3) is 5.44 Å². The van der Waals surface area contributed by atoms with Crippen molar-refractivity contribution < 1.29 is 4.18 Å². The Morgan fingerprint density at radius 1 is 0.750 bits per heavy atom. The summed E-state index contributed by atoms with van der Waals surface area (Å²) in [5, 5.41) is 0. The molecule has 16 heavy (non-hydrogen) atoms. The SMILES string of the molecule is CCCCCCCCCCCCC[C@H]1O[SH+]1. The lowest BCUT2D eigenvalue weighted by molar-refractivity contribution is 0.423. The number of thiol groups is 1. The van der Waals surface area contributed by atoms with Gasteiger partial charge in [-0.2, -0.15) is 0 Å². The van der Waals surface area contributed by atoms with Crippen LogP contribution >= 0.6 is 0 Å². The van der Waals surface area contributed by atoms with Crippen molar-refractivity contribution in [3.8, 4) is 0 Å². The summed E-state index contributed by atoms with van der Waals surface area (Å²) in [4.78, 5) is 0. The van der Waals surface area contributed by atoms with Gasteiger partial charge in [0.05, 0.1) is 0 Å². The summed E-state index contributed by atoms with van der Waals surface area (Å²) in [6, 6.07) is 0. The van der Waals surface area contributed by atoms with Crippen molar-refractivity contribution in [2.24, 2.45) is 0 Å². The van der Waals surface area contributed by atoms with Gasteiger partial charge < -0.3 is 0 Å². The third-order valence-electron chi connectivity index (χ3n) is 3.31. The first-order chi connectivity index (χ1) is 7.93. The summed E-state index contributed by atoms with van der Waals surface area (Å²) in [7, 11) is 0. The smallest absolute Gasteiger partial charge is 0.114 e. The minimum atomic E-state index is 0.624. The molecule has 1 aliphatic heterocycles. The van der Waals surface area contributed by atoms with Crippen LogP contribution in [0.5, 0.6) is 0 Å². The van der Waals surface area contributed by atoms with Crippen LogP contribution in [-0.4, -0.2) is 5.44 Å². The average Bonchev–Trinajstić information content (AvgIpc) is 3.10. The van der Waals surface area contributed by atoms with Crippen LogP contribution in [0, 0.1) is 0 Å². The van der Waals surface area contributed by atoms with Gasteiger partial charge in [-0.25, -0.2) is 0 Å². The van der Waals surface area contributed by atoms with E-state index in [9.17, 15) is 0 Å². The maximum Gasteiger partial charge on any atom is 0.296 e. The van der Waals surface area contributed by atoms with Crippen LogP contribution in [0.4, 0.5) is 0 Å². The van der Waals surface area contributed by atoms with Crippen molar-refractivity contribution in [1.29, 1.82) is 0 Å². The third-order valence-corrected chi connectivity index (χ3v) is 4.08. The van der Waals surface area contributed by atoms with E-state index in [1.807, 2.05) is 0 Å². The van der Waals surface area contributed by atoms with Gasteiger partial charge in [-0.3, -0.25) is 0 Å². The first kappa shape index (κ1) is 14.4. The van der Waals surface area contributed by atoms with Crippen LogP contribution in [0.25, 0.3) is 0 Å². The second-order valence-electron chi connectivity index (χ2n) is 4.99. The summed E-state index contributed by atoms with van der Waals surface area (Å²) in [6.07, 6.45) is 17.1. The zero-order valence-corrected chi connectivity index (χ0v) is 11.8. The van der Waals surface area contributed by atoms with E-state index in [2.05, 4.69) is 6.92 Å². The molecule has 96 valence electrons. The molecule has 1 aliphatic rings. The first-order valence-electron chi connectivity index (χ1n) is 7.29. The largest absolute Gasteiger partial charge is 0.296 e. The third kappa shape index (κ3) is 9.53. The van der Waals surface area contributed by atoms with Gasteiger partial charge >= 0.3 is 0 Å². The molecule has 0 unspecified atom stereocenters. The Morgan fingerprint density at radius 2 is 1.19 bits per heavy atom. The molecule has 0 saturated carbocycles. The molecule has 0 spiro atoms. The fourth-order valence-electron chi connectivity index (χ4n) is 2.13. The Labute approximate surface area is 106 Å². The zero-order valence-electron chi connectivity index (χ0n) is 10.9. The Bertz CT molecular complexity index is 146. The van der Waals surface area contributed by atoms with Crippen LogP contribution in [-0.2, 0) is 16.2 Å². The molecule has 0 aromatic rings. The summed E-state index contributed by atoms with van der Waals surface area (Å²) in [5.41, 5.74) is 0.624. The number of hydrogen-bond donors (Lipinski definition) is 0. The topological polar surface area (TPSA) is 12.5 Å². The molecule has 1 fully saturated rings. The Morgan fingerprint density at radius 3 is 1.62 bits per heavy atom. The molecule has 0 aliphatic carbocycles. The predicted octanol–water partition coefficient (Wildman–Crippen LogP) is 4.77. The minimum Gasteiger partial charge on any atom is -0.114 e. The molecule has 0 radical (unpaired) electrons. The molecular weight excluding hydrogens is 216 g/mol. The van der Waals surface area contributed by atoms with Crippen molar-refractivity contribution >= 4 is 12.0 Å². The molecule has 1 rings (SSSR count). The van der Waals surface area contributed by atoms with E-state index in [1.54, 1.807) is 0 Å². The standard InChI is InChI=1S/C14H28OS/c1-2-3-4-5-6-7-8-9-10-11-12-13-14-15-16-14/h14H,2-13H2,1H3/p+1/t14-/m0/s1. The normalized spacial score (nSPS) is 18.9. The summed E-state index contributed by atoms with van der Waals surface area (Å²) in [5.74, 6) is 0. The van der Waals surface area contributed by atoms with Crippen LogP contribution in [0.3, 0.4) is 0 Å². The van der Waals surface area contributed by atoms with Crippen molar-refractivity contribution in [2.75, 3.05) is 0 Å². The highest BCUT2D eigenvalue weighted by Gasteiger charge is 2.36. The molecule has 1 nitrogen and oxygen atoms in total. The van der Waals surface area contributed by atoms with Crippen LogP contribution in [0.15, 0.2) is 0 Å². The van der Waals surface area contributed by atoms with Crippen molar-refractivity contribution in [2.45, 2.75) is 89.4 Å². The molecule has 0 aromatic heterocycles. The maximum atomic E-state index is 5.17. The Balaban J connectivity index is 1.61. The molecular formula is C14H29OS+. The van der Waals surface area contributed by atoms with E-state index in [0.717, 1.165) is 0 Å². The highest BCUT2D eigenvalue weighted by atomic mass is 32.2. The van der Waals surface area contributed by atoms with E-state index in [-0.39, 0.29) is 0 Å². The monoisotopic (exact) mass is 245 g/mol. The minimum absolute atomic E-state index is 0.624. The number of unbranched alkanes of at least 4 members (excludes halogenated alkanes) is 10. The van der Waals surface area contributed by atoms with Gasteiger partial charge in [0.15, 0.2) is 12.0 Å². The maximum absolute atomic E-state index is 5.17. The molecule has 0 amide bonds. The fourth-order valence-corrected chi connectivity index (χ4v) is 2.61. The van der Waals surface area contributed by atoms with Gasteiger partial charge in [0, 0.05) is 6.42 Å². The van der Waals surface area contributed by atoms with E-state index >= 15 is 0 Å².